The molecule has 0 unspecified atom stereocenters. The van der Waals surface area contributed by atoms with Gasteiger partial charge in [0.2, 0.25) is 0 Å². The first-order valence-electron chi connectivity index (χ1n) is 17.3. The van der Waals surface area contributed by atoms with E-state index in [4.69, 9.17) is 42.6 Å². The molecule has 1 fully saturated rings. The molecule has 1 saturated heterocycles. The Labute approximate surface area is 285 Å². The van der Waals surface area contributed by atoms with Crippen LogP contribution in [0, 0.1) is 0 Å². The van der Waals surface area contributed by atoms with Crippen molar-refractivity contribution < 1.29 is 47.4 Å². The van der Waals surface area contributed by atoms with Crippen molar-refractivity contribution in [3.63, 3.8) is 0 Å². The molecule has 1 aliphatic heterocycles. The molecule has 2 aliphatic rings. The zero-order valence-corrected chi connectivity index (χ0v) is 28.2. The summed E-state index contributed by atoms with van der Waals surface area (Å²) < 4.78 is 49.9. The average molecular weight is 675 g/mol. The van der Waals surface area contributed by atoms with E-state index in [0.29, 0.717) is 118 Å². The van der Waals surface area contributed by atoms with Gasteiger partial charge in [0.15, 0.2) is 0 Å². The monoisotopic (exact) mass is 674 g/mol. The van der Waals surface area contributed by atoms with Crippen LogP contribution in [0.2, 0.25) is 0 Å². The van der Waals surface area contributed by atoms with E-state index >= 15 is 0 Å². The van der Waals surface area contributed by atoms with Crippen LogP contribution in [0.25, 0.3) is 11.1 Å². The fourth-order valence-electron chi connectivity index (χ4n) is 5.53. The summed E-state index contributed by atoms with van der Waals surface area (Å²) in [5.74, 6) is 0.0425. The first-order chi connectivity index (χ1) is 23.8. The van der Waals surface area contributed by atoms with Crippen molar-refractivity contribution in [2.75, 3.05) is 125 Å². The summed E-state index contributed by atoms with van der Waals surface area (Å²) >= 11 is 0. The lowest BCUT2D eigenvalue weighted by Gasteiger charge is -2.22. The number of piperidine rings is 1. The van der Waals surface area contributed by atoms with Gasteiger partial charge >= 0.3 is 6.09 Å². The van der Waals surface area contributed by atoms with Crippen molar-refractivity contribution in [3.05, 3.63) is 59.7 Å². The maximum absolute atomic E-state index is 12.2. The number of ether oxygens (including phenoxy) is 9. The molecule has 2 aromatic rings. The van der Waals surface area contributed by atoms with Crippen LogP contribution in [-0.4, -0.2) is 138 Å². The fraction of sp³-hybridized carbons (Fsp3) is 0.639. The second-order valence-corrected chi connectivity index (χ2v) is 11.4. The van der Waals surface area contributed by atoms with Crippen LogP contribution in [0.1, 0.15) is 29.9 Å². The van der Waals surface area contributed by atoms with Gasteiger partial charge in [0.1, 0.15) is 6.61 Å². The van der Waals surface area contributed by atoms with Gasteiger partial charge in [-0.25, -0.2) is 4.79 Å². The Kier molecular flexibility index (Phi) is 19.5. The number of amides is 1. The van der Waals surface area contributed by atoms with Crippen LogP contribution in [-0.2, 0) is 42.6 Å². The van der Waals surface area contributed by atoms with Crippen molar-refractivity contribution in [2.24, 2.45) is 0 Å². The standard InChI is InChI=1S/C36H54N2O10/c39-36(48-29-35-33-7-3-1-5-31(33)32-6-2-4-8-34(32)35)38-13-14-40-15-16-41-17-18-42-19-20-43-21-22-44-23-24-45-25-26-46-27-28-47-30-9-11-37-12-10-30/h1-8,30,35,37H,9-29H2,(H,38,39). The Balaban J connectivity index is 0.826. The van der Waals surface area contributed by atoms with Gasteiger partial charge in [-0.3, -0.25) is 0 Å². The third-order valence-electron chi connectivity index (χ3n) is 7.96. The molecule has 1 amide bonds. The molecule has 1 aliphatic carbocycles. The number of carbonyl (C=O) groups is 1. The number of nitrogens with one attached hydrogen (secondary N) is 2. The Morgan fingerprint density at radius 2 is 1.00 bits per heavy atom. The summed E-state index contributed by atoms with van der Waals surface area (Å²) in [6.45, 7) is 10.3. The Morgan fingerprint density at radius 3 is 1.48 bits per heavy atom. The molecule has 0 aromatic heterocycles. The van der Waals surface area contributed by atoms with Gasteiger partial charge in [0.25, 0.3) is 0 Å². The Hall–Kier alpha value is -2.65. The predicted molar refractivity (Wildman–Crippen MR) is 181 cm³/mol. The molecule has 268 valence electrons. The highest BCUT2D eigenvalue weighted by Gasteiger charge is 2.28. The lowest BCUT2D eigenvalue weighted by molar-refractivity contribution is -0.0313. The summed E-state index contributed by atoms with van der Waals surface area (Å²) in [6, 6.07) is 16.5. The molecule has 2 N–H and O–H groups in total. The smallest absolute Gasteiger partial charge is 0.407 e. The third kappa shape index (κ3) is 14.9. The molecular formula is C36H54N2O10. The van der Waals surface area contributed by atoms with Gasteiger partial charge in [-0.2, -0.15) is 0 Å². The fourth-order valence-corrected chi connectivity index (χ4v) is 5.53. The highest BCUT2D eigenvalue weighted by atomic mass is 16.6. The first-order valence-corrected chi connectivity index (χ1v) is 17.3. The Bertz CT molecular complexity index is 1090. The molecule has 12 heteroatoms. The van der Waals surface area contributed by atoms with E-state index in [1.165, 1.54) is 22.3 Å². The van der Waals surface area contributed by atoms with E-state index < -0.39 is 6.09 Å². The van der Waals surface area contributed by atoms with Crippen LogP contribution in [0.15, 0.2) is 48.5 Å². The second-order valence-electron chi connectivity index (χ2n) is 11.4. The SMILES string of the molecule is O=C(NCCOCCOCCOCCOCCOCCOCCOCCOC1CCNCC1)OCC1c2ccccc2-c2ccccc21. The normalized spacial score (nSPS) is 14.6. The molecule has 2 aromatic carbocycles. The summed E-state index contributed by atoms with van der Waals surface area (Å²) in [4.78, 5) is 12.2. The quantitative estimate of drug-likeness (QED) is 0.136. The van der Waals surface area contributed by atoms with Crippen molar-refractivity contribution in [1.82, 2.24) is 10.6 Å². The van der Waals surface area contributed by atoms with Crippen molar-refractivity contribution in [1.29, 1.82) is 0 Å². The zero-order chi connectivity index (χ0) is 33.3. The van der Waals surface area contributed by atoms with Gasteiger partial charge < -0.3 is 53.3 Å². The topological polar surface area (TPSA) is 124 Å². The number of fused-ring (bicyclic) bond motifs is 3. The van der Waals surface area contributed by atoms with E-state index in [1.807, 2.05) is 24.3 Å². The number of hydrogen-bond donors (Lipinski definition) is 2. The maximum Gasteiger partial charge on any atom is 0.407 e. The molecule has 1 heterocycles. The van der Waals surface area contributed by atoms with E-state index in [9.17, 15) is 4.79 Å². The van der Waals surface area contributed by atoms with E-state index in [2.05, 4.69) is 34.9 Å². The van der Waals surface area contributed by atoms with Crippen LogP contribution in [0.5, 0.6) is 0 Å². The molecule has 0 saturated carbocycles. The van der Waals surface area contributed by atoms with Crippen molar-refractivity contribution in [2.45, 2.75) is 24.9 Å². The summed E-state index contributed by atoms with van der Waals surface area (Å²) in [6.07, 6.45) is 2.07. The lowest BCUT2D eigenvalue weighted by atomic mass is 9.98. The minimum atomic E-state index is -0.447. The molecular weight excluding hydrogens is 620 g/mol. The molecule has 0 bridgehead atoms. The number of carbonyl (C=O) groups excluding carboxylic acids is 1. The van der Waals surface area contributed by atoms with Crippen LogP contribution >= 0.6 is 0 Å². The highest BCUT2D eigenvalue weighted by molar-refractivity contribution is 5.79. The van der Waals surface area contributed by atoms with Gasteiger partial charge in [-0.05, 0) is 48.2 Å². The van der Waals surface area contributed by atoms with Crippen LogP contribution in [0.4, 0.5) is 4.79 Å². The largest absolute Gasteiger partial charge is 0.449 e. The van der Waals surface area contributed by atoms with Crippen molar-refractivity contribution in [3.8, 4) is 11.1 Å². The minimum absolute atomic E-state index is 0.0425. The van der Waals surface area contributed by atoms with Crippen LogP contribution in [0.3, 0.4) is 0 Å². The number of benzene rings is 2. The lowest BCUT2D eigenvalue weighted by Crippen LogP contribution is -2.33. The molecule has 48 heavy (non-hydrogen) atoms. The second kappa shape index (κ2) is 24.5. The van der Waals surface area contributed by atoms with Crippen LogP contribution < -0.4 is 10.6 Å². The van der Waals surface area contributed by atoms with Crippen molar-refractivity contribution >= 4 is 6.09 Å². The number of rotatable bonds is 27. The Morgan fingerprint density at radius 1 is 0.583 bits per heavy atom. The number of alkyl carbamates (subject to hydrolysis) is 1. The molecule has 0 radical (unpaired) electrons. The predicted octanol–water partition coefficient (Wildman–Crippen LogP) is 3.41. The van der Waals surface area contributed by atoms with Gasteiger partial charge in [0.05, 0.1) is 105 Å². The highest BCUT2D eigenvalue weighted by Crippen LogP contribution is 2.44. The first kappa shape index (κ1) is 38.2. The zero-order valence-electron chi connectivity index (χ0n) is 28.2. The van der Waals surface area contributed by atoms with Gasteiger partial charge in [-0.15, -0.1) is 0 Å². The van der Waals surface area contributed by atoms with Gasteiger partial charge in [-0.1, -0.05) is 48.5 Å². The third-order valence-corrected chi connectivity index (χ3v) is 7.96. The molecule has 4 rings (SSSR count). The maximum atomic E-state index is 12.2. The summed E-state index contributed by atoms with van der Waals surface area (Å²) in [5, 5.41) is 6.07. The molecule has 0 spiro atoms. The number of hydrogen-bond acceptors (Lipinski definition) is 11. The van der Waals surface area contributed by atoms with E-state index in [1.54, 1.807) is 0 Å². The summed E-state index contributed by atoms with van der Waals surface area (Å²) in [5.41, 5.74) is 4.79. The minimum Gasteiger partial charge on any atom is -0.449 e. The average Bonchev–Trinajstić information content (AvgIpc) is 3.44. The van der Waals surface area contributed by atoms with E-state index in [0.717, 1.165) is 25.9 Å². The molecule has 12 nitrogen and oxygen atoms in total. The molecule has 0 atom stereocenters. The van der Waals surface area contributed by atoms with Gasteiger partial charge in [0, 0.05) is 12.5 Å². The van der Waals surface area contributed by atoms with E-state index in [-0.39, 0.29) is 5.92 Å². The summed E-state index contributed by atoms with van der Waals surface area (Å²) in [7, 11) is 0.